The molecule has 2 aromatic heterocycles. The summed E-state index contributed by atoms with van der Waals surface area (Å²) in [6.07, 6.45) is 1.89. The lowest BCUT2D eigenvalue weighted by Crippen LogP contribution is -2.17. The van der Waals surface area contributed by atoms with Crippen molar-refractivity contribution in [3.05, 3.63) is 64.2 Å². The molecule has 7 heteroatoms. The van der Waals surface area contributed by atoms with Crippen LogP contribution in [-0.2, 0) is 4.79 Å². The van der Waals surface area contributed by atoms with Crippen molar-refractivity contribution < 1.29 is 4.79 Å². The number of benzene rings is 1. The molecule has 7 nitrogen and oxygen atoms in total. The van der Waals surface area contributed by atoms with E-state index in [1.54, 1.807) is 50.2 Å². The first-order chi connectivity index (χ1) is 12.5. The van der Waals surface area contributed by atoms with Crippen LogP contribution in [-0.4, -0.2) is 20.7 Å². The smallest absolute Gasteiger partial charge is 0.280 e. The largest absolute Gasteiger partial charge is 0.325 e. The number of carbonyl (C=O) groups excluding carboxylic acids is 1. The minimum absolute atomic E-state index is 0.101. The van der Waals surface area contributed by atoms with Crippen molar-refractivity contribution in [2.45, 2.75) is 20.3 Å². The van der Waals surface area contributed by atoms with Crippen molar-refractivity contribution in [1.82, 2.24) is 14.8 Å². The second kappa shape index (κ2) is 7.07. The number of hydrogen-bond acceptors (Lipinski definition) is 4. The first-order valence-corrected chi connectivity index (χ1v) is 8.12. The summed E-state index contributed by atoms with van der Waals surface area (Å²) in [5.41, 5.74) is 2.83. The first-order valence-electron chi connectivity index (χ1n) is 8.12. The second-order valence-electron chi connectivity index (χ2n) is 5.75. The van der Waals surface area contributed by atoms with E-state index in [0.717, 1.165) is 5.56 Å². The molecule has 0 aliphatic carbocycles. The Morgan fingerprint density at radius 3 is 2.58 bits per heavy atom. The van der Waals surface area contributed by atoms with Gasteiger partial charge in [-0.1, -0.05) is 19.1 Å². The maximum Gasteiger partial charge on any atom is 0.280 e. The van der Waals surface area contributed by atoms with E-state index in [0.29, 0.717) is 34.7 Å². The van der Waals surface area contributed by atoms with E-state index >= 15 is 0 Å². The lowest BCUT2D eigenvalue weighted by atomic mass is 10.1. The summed E-state index contributed by atoms with van der Waals surface area (Å²) in [7, 11) is 0. The van der Waals surface area contributed by atoms with Crippen molar-refractivity contribution in [2.24, 2.45) is 0 Å². The summed E-state index contributed by atoms with van der Waals surface area (Å²) in [5.74, 6) is 0.322. The van der Waals surface area contributed by atoms with E-state index in [2.05, 4.69) is 21.5 Å². The lowest BCUT2D eigenvalue weighted by Gasteiger charge is -2.04. The summed E-state index contributed by atoms with van der Waals surface area (Å²) < 4.78 is 1.36. The number of amides is 1. The molecule has 0 radical (unpaired) electrons. The number of pyridine rings is 1. The molecule has 2 N–H and O–H groups in total. The molecule has 3 aromatic rings. The van der Waals surface area contributed by atoms with Gasteiger partial charge in [0, 0.05) is 12.1 Å². The number of rotatable bonds is 4. The van der Waals surface area contributed by atoms with Crippen LogP contribution >= 0.6 is 0 Å². The molecule has 0 saturated carbocycles. The summed E-state index contributed by atoms with van der Waals surface area (Å²) in [4.78, 5) is 28.5. The maximum absolute atomic E-state index is 12.8. The molecule has 130 valence electrons. The number of anilines is 1. The van der Waals surface area contributed by atoms with Gasteiger partial charge in [-0.15, -0.1) is 0 Å². The number of hydrogen-bond donors (Lipinski definition) is 2. The first kappa shape index (κ1) is 17.2. The Labute approximate surface area is 149 Å². The summed E-state index contributed by atoms with van der Waals surface area (Å²) in [6, 6.07) is 12.3. The number of nitrogens with one attached hydrogen (secondary N) is 2. The van der Waals surface area contributed by atoms with Crippen LogP contribution < -0.4 is 10.9 Å². The highest BCUT2D eigenvalue weighted by molar-refractivity contribution is 5.90. The highest BCUT2D eigenvalue weighted by Crippen LogP contribution is 2.20. The molecule has 0 aliphatic rings. The van der Waals surface area contributed by atoms with E-state index in [1.165, 1.54) is 10.9 Å². The van der Waals surface area contributed by atoms with Crippen LogP contribution in [0.4, 0.5) is 5.69 Å². The Morgan fingerprint density at radius 1 is 1.27 bits per heavy atom. The third-order valence-electron chi connectivity index (χ3n) is 3.96. The molecule has 0 fully saturated rings. The molecule has 0 saturated heterocycles. The van der Waals surface area contributed by atoms with E-state index in [-0.39, 0.29) is 11.5 Å². The molecule has 0 aliphatic heterocycles. The lowest BCUT2D eigenvalue weighted by molar-refractivity contribution is -0.115. The average Bonchev–Trinajstić information content (AvgIpc) is 2.96. The Morgan fingerprint density at radius 2 is 2.00 bits per heavy atom. The van der Waals surface area contributed by atoms with Gasteiger partial charge >= 0.3 is 0 Å². The van der Waals surface area contributed by atoms with E-state index in [1.807, 2.05) is 0 Å². The highest BCUT2D eigenvalue weighted by Gasteiger charge is 2.15. The molecule has 26 heavy (non-hydrogen) atoms. The van der Waals surface area contributed by atoms with Crippen molar-refractivity contribution in [1.29, 1.82) is 5.26 Å². The quantitative estimate of drug-likeness (QED) is 0.757. The predicted octanol–water partition coefficient (Wildman–Crippen LogP) is 2.76. The Bertz CT molecular complexity index is 1040. The van der Waals surface area contributed by atoms with Crippen molar-refractivity contribution in [2.75, 3.05) is 5.32 Å². The zero-order chi connectivity index (χ0) is 18.7. The molecule has 0 unspecified atom stereocenters. The normalized spacial score (nSPS) is 10.3. The number of nitriles is 1. The second-order valence-corrected chi connectivity index (χ2v) is 5.75. The fraction of sp³-hybridized carbons (Fsp3) is 0.158. The topological polar surface area (TPSA) is 104 Å². The van der Waals surface area contributed by atoms with Crippen LogP contribution in [0.25, 0.3) is 16.9 Å². The maximum atomic E-state index is 12.8. The standard InChI is InChI=1S/C19H17N5O2/c1-3-17(25)22-15-8-9-16(21-11-15)24-19(26)18(12(2)23-24)14-6-4-13(10-20)5-7-14/h4-9,11,23H,3H2,1-2H3,(H,22,25). The molecule has 0 bridgehead atoms. The van der Waals surface area contributed by atoms with Gasteiger partial charge in [0.25, 0.3) is 5.56 Å². The summed E-state index contributed by atoms with van der Waals surface area (Å²) >= 11 is 0. The third-order valence-corrected chi connectivity index (χ3v) is 3.96. The van der Waals surface area contributed by atoms with Crippen molar-refractivity contribution >= 4 is 11.6 Å². The number of aromatic nitrogens is 3. The van der Waals surface area contributed by atoms with Gasteiger partial charge in [0.2, 0.25) is 5.91 Å². The van der Waals surface area contributed by atoms with Gasteiger partial charge in [-0.2, -0.15) is 5.26 Å². The van der Waals surface area contributed by atoms with Gasteiger partial charge in [0.15, 0.2) is 5.82 Å². The fourth-order valence-electron chi connectivity index (χ4n) is 2.60. The number of aryl methyl sites for hydroxylation is 1. The highest BCUT2D eigenvalue weighted by atomic mass is 16.1. The Balaban J connectivity index is 1.96. The average molecular weight is 347 g/mol. The van der Waals surface area contributed by atoms with Crippen LogP contribution in [0.2, 0.25) is 0 Å². The van der Waals surface area contributed by atoms with E-state index < -0.39 is 0 Å². The SMILES string of the molecule is CCC(=O)Nc1ccc(-n2[nH]c(C)c(-c3ccc(C#N)cc3)c2=O)nc1. The summed E-state index contributed by atoms with van der Waals surface area (Å²) in [5, 5.41) is 14.6. The molecule has 1 aromatic carbocycles. The molecule has 0 atom stereocenters. The number of H-pyrrole nitrogens is 1. The minimum atomic E-state index is -0.231. The zero-order valence-corrected chi connectivity index (χ0v) is 14.4. The van der Waals surface area contributed by atoms with Crippen LogP contribution in [0.1, 0.15) is 24.6 Å². The van der Waals surface area contributed by atoms with Gasteiger partial charge in [0.05, 0.1) is 29.1 Å². The van der Waals surface area contributed by atoms with Crippen LogP contribution in [0.5, 0.6) is 0 Å². The predicted molar refractivity (Wildman–Crippen MR) is 98.0 cm³/mol. The van der Waals surface area contributed by atoms with Crippen molar-refractivity contribution in [3.63, 3.8) is 0 Å². The molecule has 1 amide bonds. The monoisotopic (exact) mass is 347 g/mol. The zero-order valence-electron chi connectivity index (χ0n) is 14.4. The molecule has 3 rings (SSSR count). The molecular formula is C19H17N5O2. The van der Waals surface area contributed by atoms with Crippen molar-refractivity contribution in [3.8, 4) is 23.0 Å². The number of aromatic amines is 1. The van der Waals surface area contributed by atoms with Gasteiger partial charge in [-0.25, -0.2) is 9.67 Å². The van der Waals surface area contributed by atoms with E-state index in [9.17, 15) is 9.59 Å². The molecule has 2 heterocycles. The fourth-order valence-corrected chi connectivity index (χ4v) is 2.60. The van der Waals surface area contributed by atoms with Gasteiger partial charge in [-0.05, 0) is 36.8 Å². The Kier molecular flexibility index (Phi) is 4.67. The molecule has 0 spiro atoms. The van der Waals surface area contributed by atoms with Crippen LogP contribution in [0.3, 0.4) is 0 Å². The number of nitrogens with zero attached hydrogens (tertiary/aromatic N) is 3. The van der Waals surface area contributed by atoms with Crippen LogP contribution in [0, 0.1) is 18.3 Å². The Hall–Kier alpha value is -3.66. The van der Waals surface area contributed by atoms with Gasteiger partial charge in [0.1, 0.15) is 0 Å². The van der Waals surface area contributed by atoms with Gasteiger partial charge in [-0.3, -0.25) is 14.7 Å². The molecular weight excluding hydrogens is 330 g/mol. The van der Waals surface area contributed by atoms with E-state index in [4.69, 9.17) is 5.26 Å². The summed E-state index contributed by atoms with van der Waals surface area (Å²) in [6.45, 7) is 3.57. The van der Waals surface area contributed by atoms with Crippen LogP contribution in [0.15, 0.2) is 47.4 Å². The van der Waals surface area contributed by atoms with Gasteiger partial charge < -0.3 is 5.32 Å². The minimum Gasteiger partial charge on any atom is -0.325 e. The number of carbonyl (C=O) groups is 1. The third kappa shape index (κ3) is 3.26.